The first-order valence-electron chi connectivity index (χ1n) is 8.68. The van der Waals surface area contributed by atoms with Gasteiger partial charge in [0.15, 0.2) is 0 Å². The molecule has 24 heavy (non-hydrogen) atoms. The van der Waals surface area contributed by atoms with E-state index in [9.17, 15) is 9.18 Å². The van der Waals surface area contributed by atoms with Gasteiger partial charge in [-0.1, -0.05) is 13.0 Å². The minimum Gasteiger partial charge on any atom is -0.444 e. The third-order valence-electron chi connectivity index (χ3n) is 4.36. The summed E-state index contributed by atoms with van der Waals surface area (Å²) in [5, 5.41) is 3.51. The molecular weight excluding hydrogens is 307 g/mol. The first kappa shape index (κ1) is 18.7. The number of nitrogens with zero attached hydrogens (tertiary/aromatic N) is 1. The van der Waals surface area contributed by atoms with Crippen molar-refractivity contribution in [3.8, 4) is 0 Å². The van der Waals surface area contributed by atoms with E-state index in [1.54, 1.807) is 11.0 Å². The fourth-order valence-electron chi connectivity index (χ4n) is 3.32. The van der Waals surface area contributed by atoms with Crippen molar-refractivity contribution < 1.29 is 13.9 Å². The quantitative estimate of drug-likeness (QED) is 0.912. The average Bonchev–Trinajstić information content (AvgIpc) is 2.46. The largest absolute Gasteiger partial charge is 0.444 e. The Morgan fingerprint density at radius 3 is 2.71 bits per heavy atom. The summed E-state index contributed by atoms with van der Waals surface area (Å²) in [6.07, 6.45) is 0.580. The number of likely N-dealkylation sites (N-methyl/N-ethyl adjacent to an activating group) is 1. The molecule has 2 atom stereocenters. The summed E-state index contributed by atoms with van der Waals surface area (Å²) in [4.78, 5) is 14.2. The maximum Gasteiger partial charge on any atom is 0.410 e. The second-order valence-corrected chi connectivity index (χ2v) is 7.49. The van der Waals surface area contributed by atoms with Gasteiger partial charge >= 0.3 is 6.09 Å². The van der Waals surface area contributed by atoms with Crippen molar-refractivity contribution in [3.63, 3.8) is 0 Å². The van der Waals surface area contributed by atoms with E-state index in [0.717, 1.165) is 24.1 Å². The van der Waals surface area contributed by atoms with Gasteiger partial charge in [0.1, 0.15) is 11.4 Å². The van der Waals surface area contributed by atoms with Crippen LogP contribution in [0.4, 0.5) is 9.18 Å². The first-order valence-corrected chi connectivity index (χ1v) is 8.68. The highest BCUT2D eigenvalue weighted by Crippen LogP contribution is 2.30. The van der Waals surface area contributed by atoms with Gasteiger partial charge in [-0.2, -0.15) is 0 Å². The molecule has 0 aromatic heterocycles. The number of hydrogen-bond acceptors (Lipinski definition) is 3. The van der Waals surface area contributed by atoms with E-state index in [4.69, 9.17) is 4.74 Å². The second kappa shape index (κ2) is 7.51. The van der Waals surface area contributed by atoms with Crippen LogP contribution in [0.25, 0.3) is 0 Å². The summed E-state index contributed by atoms with van der Waals surface area (Å²) in [6.45, 7) is 11.7. The van der Waals surface area contributed by atoms with Crippen LogP contribution in [-0.2, 0) is 4.74 Å². The number of hydrogen-bond donors (Lipinski definition) is 1. The van der Waals surface area contributed by atoms with E-state index >= 15 is 0 Å². The summed E-state index contributed by atoms with van der Waals surface area (Å²) < 4.78 is 19.0. The molecule has 0 radical (unpaired) electrons. The van der Waals surface area contributed by atoms with Gasteiger partial charge in [-0.05, 0) is 63.9 Å². The summed E-state index contributed by atoms with van der Waals surface area (Å²) in [7, 11) is 0. The number of nitrogens with one attached hydrogen (secondary N) is 1. The van der Waals surface area contributed by atoms with E-state index in [0.29, 0.717) is 13.1 Å². The number of rotatable bonds is 3. The zero-order valence-electron chi connectivity index (χ0n) is 15.4. The van der Waals surface area contributed by atoms with Crippen LogP contribution in [0, 0.1) is 12.7 Å². The van der Waals surface area contributed by atoms with Crippen LogP contribution in [-0.4, -0.2) is 42.3 Å². The highest BCUT2D eigenvalue weighted by Gasteiger charge is 2.34. The Balaban J connectivity index is 2.21. The third-order valence-corrected chi connectivity index (χ3v) is 4.36. The van der Waals surface area contributed by atoms with Crippen molar-refractivity contribution in [2.24, 2.45) is 0 Å². The molecule has 1 aromatic carbocycles. The van der Waals surface area contributed by atoms with Gasteiger partial charge in [0.05, 0.1) is 0 Å². The molecule has 4 nitrogen and oxygen atoms in total. The highest BCUT2D eigenvalue weighted by molar-refractivity contribution is 5.68. The van der Waals surface area contributed by atoms with Crippen molar-refractivity contribution >= 4 is 6.09 Å². The Kier molecular flexibility index (Phi) is 5.86. The maximum absolute atomic E-state index is 13.5. The molecule has 0 bridgehead atoms. The van der Waals surface area contributed by atoms with Crippen LogP contribution in [0.5, 0.6) is 0 Å². The lowest BCUT2D eigenvalue weighted by Gasteiger charge is -2.40. The normalized spacial score (nSPS) is 21.7. The summed E-state index contributed by atoms with van der Waals surface area (Å²) in [5.74, 6) is -0.0946. The van der Waals surface area contributed by atoms with Gasteiger partial charge in [-0.15, -0.1) is 0 Å². The minimum absolute atomic E-state index is 0.131. The van der Waals surface area contributed by atoms with Crippen molar-refractivity contribution in [2.75, 3.05) is 19.6 Å². The van der Waals surface area contributed by atoms with Crippen molar-refractivity contribution in [2.45, 2.75) is 58.6 Å². The number of ether oxygens (including phenoxy) is 1. The Labute approximate surface area is 144 Å². The number of piperidine rings is 1. The molecule has 1 amide bonds. The predicted molar refractivity (Wildman–Crippen MR) is 93.8 cm³/mol. The van der Waals surface area contributed by atoms with Crippen LogP contribution in [0.15, 0.2) is 18.2 Å². The smallest absolute Gasteiger partial charge is 0.410 e. The molecule has 134 valence electrons. The molecule has 1 aliphatic heterocycles. The molecule has 1 aromatic rings. The number of likely N-dealkylation sites (tertiary alicyclic amines) is 1. The summed E-state index contributed by atoms with van der Waals surface area (Å²) in [5.41, 5.74) is 1.52. The molecule has 5 heteroatoms. The lowest BCUT2D eigenvalue weighted by Crippen LogP contribution is -2.51. The fraction of sp³-hybridized carbons (Fsp3) is 0.632. The average molecular weight is 336 g/mol. The van der Waals surface area contributed by atoms with Crippen molar-refractivity contribution in [1.82, 2.24) is 10.2 Å². The molecule has 1 fully saturated rings. The van der Waals surface area contributed by atoms with Gasteiger partial charge in [0, 0.05) is 25.0 Å². The second-order valence-electron chi connectivity index (χ2n) is 7.49. The van der Waals surface area contributed by atoms with E-state index in [1.807, 2.05) is 33.8 Å². The topological polar surface area (TPSA) is 41.6 Å². The van der Waals surface area contributed by atoms with Gasteiger partial charge in [0.2, 0.25) is 0 Å². The van der Waals surface area contributed by atoms with Crippen LogP contribution < -0.4 is 5.32 Å². The fourth-order valence-corrected chi connectivity index (χ4v) is 3.32. The van der Waals surface area contributed by atoms with Crippen LogP contribution in [0.2, 0.25) is 0 Å². The van der Waals surface area contributed by atoms with Crippen molar-refractivity contribution in [1.29, 1.82) is 0 Å². The Bertz CT molecular complexity index is 583. The summed E-state index contributed by atoms with van der Waals surface area (Å²) >= 11 is 0. The zero-order valence-corrected chi connectivity index (χ0v) is 15.4. The Morgan fingerprint density at radius 2 is 2.12 bits per heavy atom. The Hall–Kier alpha value is -1.62. The SMILES string of the molecule is CCN[C@@H]1CCN(C(=O)OC(C)(C)C)C[C@H]1c1ccc(F)cc1C. The van der Waals surface area contributed by atoms with Gasteiger partial charge in [-0.25, -0.2) is 9.18 Å². The van der Waals surface area contributed by atoms with Gasteiger partial charge in [0.25, 0.3) is 0 Å². The van der Waals surface area contributed by atoms with Gasteiger partial charge < -0.3 is 15.0 Å². The first-order chi connectivity index (χ1) is 11.2. The molecular formula is C19H29FN2O2. The minimum atomic E-state index is -0.503. The van der Waals surface area contributed by atoms with Gasteiger partial charge in [-0.3, -0.25) is 0 Å². The Morgan fingerprint density at radius 1 is 1.42 bits per heavy atom. The molecule has 0 spiro atoms. The third kappa shape index (κ3) is 4.69. The molecule has 0 saturated carbocycles. The van der Waals surface area contributed by atoms with Crippen LogP contribution in [0.1, 0.15) is 51.2 Å². The molecule has 1 aliphatic rings. The number of amides is 1. The van der Waals surface area contributed by atoms with E-state index in [1.165, 1.54) is 6.07 Å². The predicted octanol–water partition coefficient (Wildman–Crippen LogP) is 3.84. The standard InChI is InChI=1S/C19H29FN2O2/c1-6-21-17-9-10-22(18(23)24-19(3,4)5)12-16(17)15-8-7-14(20)11-13(15)2/h7-8,11,16-17,21H,6,9-10,12H2,1-5H3/t16-,17+/m0/s1. The number of halogens is 1. The molecule has 0 aliphatic carbocycles. The maximum atomic E-state index is 13.5. The number of carbonyl (C=O) groups is 1. The van der Waals surface area contributed by atoms with E-state index in [2.05, 4.69) is 12.2 Å². The molecule has 2 rings (SSSR count). The van der Waals surface area contributed by atoms with Crippen molar-refractivity contribution in [3.05, 3.63) is 35.1 Å². The lowest BCUT2D eigenvalue weighted by molar-refractivity contribution is 0.0176. The highest BCUT2D eigenvalue weighted by atomic mass is 19.1. The lowest BCUT2D eigenvalue weighted by atomic mass is 9.84. The number of benzene rings is 1. The molecule has 1 heterocycles. The monoisotopic (exact) mass is 336 g/mol. The molecule has 1 saturated heterocycles. The van der Waals surface area contributed by atoms with Crippen LogP contribution >= 0.6 is 0 Å². The summed E-state index contributed by atoms with van der Waals surface area (Å²) in [6, 6.07) is 5.18. The number of carbonyl (C=O) groups excluding carboxylic acids is 1. The van der Waals surface area contributed by atoms with E-state index in [-0.39, 0.29) is 23.9 Å². The van der Waals surface area contributed by atoms with Crippen LogP contribution in [0.3, 0.4) is 0 Å². The van der Waals surface area contributed by atoms with E-state index < -0.39 is 5.60 Å². The zero-order chi connectivity index (χ0) is 17.9. The number of aryl methyl sites for hydroxylation is 1. The molecule has 1 N–H and O–H groups in total. The molecule has 0 unspecified atom stereocenters.